The molecule has 2 aromatic rings. The molecule has 29 heavy (non-hydrogen) atoms. The van der Waals surface area contributed by atoms with Gasteiger partial charge in [0.15, 0.2) is 6.54 Å². The number of para-hydroxylation sites is 1. The summed E-state index contributed by atoms with van der Waals surface area (Å²) in [6, 6.07) is 15.8. The zero-order chi connectivity index (χ0) is 20.6. The van der Waals surface area contributed by atoms with Crippen molar-refractivity contribution < 1.29 is 19.2 Å². The Balaban J connectivity index is 1.70. The monoisotopic (exact) mass is 412 g/mol. The molecular formula is C22H26N3O3S+. The third-order valence-electron chi connectivity index (χ3n) is 5.14. The topological polar surface area (TPSA) is 75.8 Å². The van der Waals surface area contributed by atoms with E-state index >= 15 is 0 Å². The summed E-state index contributed by atoms with van der Waals surface area (Å²) in [6.45, 7) is 1.33. The number of benzene rings is 2. The maximum absolute atomic E-state index is 12.8. The zero-order valence-corrected chi connectivity index (χ0v) is 17.6. The lowest BCUT2D eigenvalue weighted by Gasteiger charge is -2.23. The van der Waals surface area contributed by atoms with Gasteiger partial charge in [-0.15, -0.1) is 11.8 Å². The number of nitrogens with zero attached hydrogens (tertiary/aromatic N) is 1. The number of methoxy groups -OCH3 is 2. The van der Waals surface area contributed by atoms with Crippen LogP contribution in [0.25, 0.3) is 0 Å². The Bertz CT molecular complexity index is 897. The van der Waals surface area contributed by atoms with Crippen molar-refractivity contribution in [1.29, 1.82) is 5.26 Å². The number of ether oxygens (including phenoxy) is 2. The van der Waals surface area contributed by atoms with Crippen molar-refractivity contribution >= 4 is 23.4 Å². The van der Waals surface area contributed by atoms with E-state index in [-0.39, 0.29) is 11.9 Å². The molecular weight excluding hydrogens is 386 g/mol. The molecule has 0 aliphatic carbocycles. The van der Waals surface area contributed by atoms with Gasteiger partial charge in [-0.2, -0.15) is 5.26 Å². The average molecular weight is 413 g/mol. The molecule has 1 unspecified atom stereocenters. The average Bonchev–Trinajstić information content (AvgIpc) is 3.20. The van der Waals surface area contributed by atoms with Gasteiger partial charge in [0.1, 0.15) is 17.5 Å². The van der Waals surface area contributed by atoms with Crippen molar-refractivity contribution in [3.8, 4) is 17.6 Å². The number of carbonyl (C=O) groups is 1. The van der Waals surface area contributed by atoms with E-state index in [1.165, 1.54) is 16.7 Å². The maximum Gasteiger partial charge on any atom is 0.279 e. The minimum Gasteiger partial charge on any atom is -0.497 e. The highest BCUT2D eigenvalue weighted by atomic mass is 32.2. The van der Waals surface area contributed by atoms with Crippen molar-refractivity contribution in [1.82, 2.24) is 0 Å². The van der Waals surface area contributed by atoms with E-state index in [2.05, 4.69) is 11.4 Å². The highest BCUT2D eigenvalue weighted by molar-refractivity contribution is 7.99. The molecule has 1 aliphatic heterocycles. The van der Waals surface area contributed by atoms with Crippen LogP contribution in [0.15, 0.2) is 47.4 Å². The van der Waals surface area contributed by atoms with E-state index in [0.717, 1.165) is 47.0 Å². The van der Waals surface area contributed by atoms with E-state index < -0.39 is 0 Å². The third-order valence-corrected chi connectivity index (χ3v) is 6.08. The molecule has 1 saturated heterocycles. The van der Waals surface area contributed by atoms with Gasteiger partial charge in [-0.1, -0.05) is 12.1 Å². The summed E-state index contributed by atoms with van der Waals surface area (Å²) in [6.07, 6.45) is 2.08. The summed E-state index contributed by atoms with van der Waals surface area (Å²) < 4.78 is 10.9. The first-order valence-corrected chi connectivity index (χ1v) is 10.6. The largest absolute Gasteiger partial charge is 0.497 e. The summed E-state index contributed by atoms with van der Waals surface area (Å²) in [5.74, 6) is 1.88. The van der Waals surface area contributed by atoms with E-state index in [9.17, 15) is 4.79 Å². The van der Waals surface area contributed by atoms with Crippen LogP contribution in [0.2, 0.25) is 0 Å². The lowest BCUT2D eigenvalue weighted by atomic mass is 10.0. The predicted molar refractivity (Wildman–Crippen MR) is 114 cm³/mol. The molecule has 0 spiro atoms. The van der Waals surface area contributed by atoms with Crippen molar-refractivity contribution in [3.05, 3.63) is 48.0 Å². The SMILES string of the molecule is COc1ccc([C@@H]2CCC[NH+]2CC(=O)Nc2ccccc2SCC#N)c(OC)c1. The highest BCUT2D eigenvalue weighted by Gasteiger charge is 2.33. The number of hydrogen-bond acceptors (Lipinski definition) is 5. The molecule has 2 N–H and O–H groups in total. The maximum atomic E-state index is 12.8. The predicted octanol–water partition coefficient (Wildman–Crippen LogP) is 2.68. The molecule has 0 saturated carbocycles. The Morgan fingerprint density at radius 2 is 2.10 bits per heavy atom. The second-order valence-electron chi connectivity index (χ2n) is 6.88. The van der Waals surface area contributed by atoms with Crippen LogP contribution in [-0.4, -0.2) is 39.0 Å². The van der Waals surface area contributed by atoms with Gasteiger partial charge in [-0.25, -0.2) is 0 Å². The van der Waals surface area contributed by atoms with Crippen LogP contribution in [0.1, 0.15) is 24.4 Å². The van der Waals surface area contributed by atoms with Crippen LogP contribution in [0.4, 0.5) is 5.69 Å². The molecule has 1 amide bonds. The summed E-state index contributed by atoms with van der Waals surface area (Å²) in [5.41, 5.74) is 1.87. The van der Waals surface area contributed by atoms with Crippen molar-refractivity contribution in [2.75, 3.05) is 38.4 Å². The number of hydrogen-bond donors (Lipinski definition) is 2. The fourth-order valence-electron chi connectivity index (χ4n) is 3.81. The Kier molecular flexibility index (Phi) is 7.39. The number of carbonyl (C=O) groups excluding carboxylic acids is 1. The summed E-state index contributed by atoms with van der Waals surface area (Å²) in [7, 11) is 3.30. The molecule has 152 valence electrons. The van der Waals surface area contributed by atoms with Gasteiger partial charge in [0.25, 0.3) is 5.91 Å². The minimum atomic E-state index is -0.0237. The molecule has 2 aromatic carbocycles. The lowest BCUT2D eigenvalue weighted by molar-refractivity contribution is -0.910. The highest BCUT2D eigenvalue weighted by Crippen LogP contribution is 2.31. The van der Waals surface area contributed by atoms with Gasteiger partial charge in [0.05, 0.1) is 43.8 Å². The fourth-order valence-corrected chi connectivity index (χ4v) is 4.48. The second kappa shape index (κ2) is 10.2. The molecule has 6 nitrogen and oxygen atoms in total. The number of nitrogens with one attached hydrogen (secondary N) is 2. The molecule has 1 heterocycles. The van der Waals surface area contributed by atoms with Crippen LogP contribution >= 0.6 is 11.8 Å². The standard InChI is InChI=1S/C22H25N3O3S/c1-27-16-9-10-17(20(14-16)28-2)19-7-5-12-25(19)15-22(26)24-18-6-3-4-8-21(18)29-13-11-23/h3-4,6,8-10,14,19H,5,7,12-13,15H2,1-2H3,(H,24,26)/p+1/t19-/m0/s1. The number of nitriles is 1. The molecule has 7 heteroatoms. The summed E-state index contributed by atoms with van der Waals surface area (Å²) in [4.78, 5) is 14.9. The number of likely N-dealkylation sites (tertiary alicyclic amines) is 1. The Morgan fingerprint density at radius 3 is 2.86 bits per heavy atom. The van der Waals surface area contributed by atoms with Gasteiger partial charge < -0.3 is 19.7 Å². The summed E-state index contributed by atoms with van der Waals surface area (Å²) in [5, 5.41) is 11.8. The van der Waals surface area contributed by atoms with Gasteiger partial charge in [0.2, 0.25) is 0 Å². The Hall–Kier alpha value is -2.69. The summed E-state index contributed by atoms with van der Waals surface area (Å²) >= 11 is 1.43. The van der Waals surface area contributed by atoms with E-state index in [4.69, 9.17) is 14.7 Å². The quantitative estimate of drug-likeness (QED) is 0.652. The van der Waals surface area contributed by atoms with Crippen LogP contribution in [0.3, 0.4) is 0 Å². The van der Waals surface area contributed by atoms with E-state index in [0.29, 0.717) is 12.3 Å². The first kappa shape index (κ1) is 21.0. The smallest absolute Gasteiger partial charge is 0.279 e. The normalized spacial score (nSPS) is 18.1. The number of rotatable bonds is 8. The fraction of sp³-hybridized carbons (Fsp3) is 0.364. The van der Waals surface area contributed by atoms with Gasteiger partial charge in [0, 0.05) is 23.8 Å². The second-order valence-corrected chi connectivity index (χ2v) is 7.90. The van der Waals surface area contributed by atoms with Crippen molar-refractivity contribution in [3.63, 3.8) is 0 Å². The number of amides is 1. The van der Waals surface area contributed by atoms with Crippen LogP contribution < -0.4 is 19.7 Å². The van der Waals surface area contributed by atoms with Crippen molar-refractivity contribution in [2.24, 2.45) is 0 Å². The molecule has 0 bridgehead atoms. The van der Waals surface area contributed by atoms with Crippen molar-refractivity contribution in [2.45, 2.75) is 23.8 Å². The number of thioether (sulfide) groups is 1. The minimum absolute atomic E-state index is 0.0237. The van der Waals surface area contributed by atoms with Gasteiger partial charge in [-0.05, 0) is 24.3 Å². The van der Waals surface area contributed by atoms with E-state index in [1.807, 2.05) is 42.5 Å². The number of anilines is 1. The molecule has 0 aromatic heterocycles. The van der Waals surface area contributed by atoms with Crippen LogP contribution in [0.5, 0.6) is 11.5 Å². The molecule has 3 rings (SSSR count). The zero-order valence-electron chi connectivity index (χ0n) is 16.7. The number of quaternary nitrogens is 1. The van der Waals surface area contributed by atoms with Crippen LogP contribution in [-0.2, 0) is 4.79 Å². The first-order chi connectivity index (χ1) is 14.2. The molecule has 0 radical (unpaired) electrons. The first-order valence-electron chi connectivity index (χ1n) is 9.61. The van der Waals surface area contributed by atoms with Crippen LogP contribution in [0, 0.1) is 11.3 Å². The third kappa shape index (κ3) is 5.22. The molecule has 1 fully saturated rings. The Labute approximate surface area is 175 Å². The Morgan fingerprint density at radius 1 is 1.28 bits per heavy atom. The van der Waals surface area contributed by atoms with Gasteiger partial charge >= 0.3 is 0 Å². The lowest BCUT2D eigenvalue weighted by Crippen LogP contribution is -3.11. The van der Waals surface area contributed by atoms with E-state index in [1.54, 1.807) is 14.2 Å². The van der Waals surface area contributed by atoms with Gasteiger partial charge in [-0.3, -0.25) is 4.79 Å². The molecule has 1 aliphatic rings. The molecule has 2 atom stereocenters.